The van der Waals surface area contributed by atoms with Gasteiger partial charge in [0, 0.05) is 32.6 Å². The highest BCUT2D eigenvalue weighted by atomic mass is 19.4. The van der Waals surface area contributed by atoms with E-state index in [1.54, 1.807) is 6.92 Å². The summed E-state index contributed by atoms with van der Waals surface area (Å²) in [6.45, 7) is 6.11. The minimum absolute atomic E-state index is 0.176. The van der Waals surface area contributed by atoms with Crippen molar-refractivity contribution in [2.24, 2.45) is 10.9 Å². The number of nitrogens with zero attached hydrogens (tertiary/aromatic N) is 3. The molecule has 2 atom stereocenters. The summed E-state index contributed by atoms with van der Waals surface area (Å²) in [7, 11) is 0. The summed E-state index contributed by atoms with van der Waals surface area (Å²) < 4.78 is 38.1. The normalized spacial score (nSPS) is 19.1. The number of rotatable bonds is 9. The molecule has 0 saturated carbocycles. The second-order valence-corrected chi connectivity index (χ2v) is 7.58. The van der Waals surface area contributed by atoms with Crippen LogP contribution < -0.4 is 5.32 Å². The fourth-order valence-corrected chi connectivity index (χ4v) is 3.67. The zero-order valence-corrected chi connectivity index (χ0v) is 17.3. The molecule has 29 heavy (non-hydrogen) atoms. The van der Waals surface area contributed by atoms with Gasteiger partial charge in [0.25, 0.3) is 0 Å². The summed E-state index contributed by atoms with van der Waals surface area (Å²) in [6.07, 6.45) is -3.37. The molecule has 5 nitrogen and oxygen atoms in total. The predicted molar refractivity (Wildman–Crippen MR) is 110 cm³/mol. The number of hydrogen-bond donors (Lipinski definition) is 2. The first-order valence-electron chi connectivity index (χ1n) is 10.3. The Morgan fingerprint density at radius 3 is 2.66 bits per heavy atom. The smallest absolute Gasteiger partial charge is 0.391 e. The van der Waals surface area contributed by atoms with E-state index in [2.05, 4.69) is 15.2 Å². The quantitative estimate of drug-likeness (QED) is 0.482. The molecule has 2 N–H and O–H groups in total. The zero-order chi connectivity index (χ0) is 21.3. The molecule has 164 valence electrons. The van der Waals surface area contributed by atoms with E-state index >= 15 is 0 Å². The van der Waals surface area contributed by atoms with E-state index in [4.69, 9.17) is 0 Å². The van der Waals surface area contributed by atoms with E-state index in [1.165, 1.54) is 4.90 Å². The monoisotopic (exact) mass is 414 g/mol. The third kappa shape index (κ3) is 8.62. The number of likely N-dealkylation sites (tertiary alicyclic amines) is 1. The lowest BCUT2D eigenvalue weighted by Crippen LogP contribution is -2.42. The van der Waals surface area contributed by atoms with Gasteiger partial charge in [0.1, 0.15) is 0 Å². The van der Waals surface area contributed by atoms with Crippen molar-refractivity contribution in [3.8, 4) is 0 Å². The minimum atomic E-state index is -4.17. The van der Waals surface area contributed by atoms with E-state index in [-0.39, 0.29) is 12.5 Å². The Morgan fingerprint density at radius 1 is 1.31 bits per heavy atom. The number of halogens is 3. The Hall–Kier alpha value is -1.80. The maximum atomic E-state index is 12.7. The summed E-state index contributed by atoms with van der Waals surface area (Å²) in [5.74, 6) is 0.899. The van der Waals surface area contributed by atoms with Crippen LogP contribution in [0.1, 0.15) is 25.8 Å². The summed E-state index contributed by atoms with van der Waals surface area (Å²) in [6, 6.07) is 9.78. The standard InChI is InChI=1S/C21H33F3N4O/c1-3-25-20(26-13-19(29)12-17-8-6-5-7-9-17)28-11-10-18(15-28)14-27(4-2)16-21(22,23)24/h5-9,18-19,29H,3-4,10-16H2,1-2H3,(H,25,26). The Morgan fingerprint density at radius 2 is 2.03 bits per heavy atom. The molecule has 0 amide bonds. The van der Waals surface area contributed by atoms with Gasteiger partial charge < -0.3 is 15.3 Å². The molecule has 0 radical (unpaired) electrons. The average Bonchev–Trinajstić information content (AvgIpc) is 3.12. The summed E-state index contributed by atoms with van der Waals surface area (Å²) >= 11 is 0. The maximum Gasteiger partial charge on any atom is 0.401 e. The SMILES string of the molecule is CCNC(=NCC(O)Cc1ccccc1)N1CCC(CN(CC)CC(F)(F)F)C1. The van der Waals surface area contributed by atoms with E-state index in [1.807, 2.05) is 37.3 Å². The lowest BCUT2D eigenvalue weighted by Gasteiger charge is -2.26. The summed E-state index contributed by atoms with van der Waals surface area (Å²) in [4.78, 5) is 8.12. The van der Waals surface area contributed by atoms with Crippen molar-refractivity contribution in [2.75, 3.05) is 45.8 Å². The Bertz CT molecular complexity index is 624. The van der Waals surface area contributed by atoms with Crippen molar-refractivity contribution in [3.63, 3.8) is 0 Å². The van der Waals surface area contributed by atoms with Crippen LogP contribution in [0.15, 0.2) is 35.3 Å². The van der Waals surface area contributed by atoms with Crippen LogP contribution in [-0.4, -0.2) is 79.0 Å². The lowest BCUT2D eigenvalue weighted by atomic mass is 10.1. The molecule has 1 aromatic rings. The van der Waals surface area contributed by atoms with Gasteiger partial charge in [0.15, 0.2) is 5.96 Å². The van der Waals surface area contributed by atoms with Crippen LogP contribution in [-0.2, 0) is 6.42 Å². The Balaban J connectivity index is 1.89. The molecule has 8 heteroatoms. The topological polar surface area (TPSA) is 51.1 Å². The van der Waals surface area contributed by atoms with E-state index in [0.29, 0.717) is 32.6 Å². The third-order valence-corrected chi connectivity index (χ3v) is 5.05. The molecule has 1 saturated heterocycles. The fourth-order valence-electron chi connectivity index (χ4n) is 3.67. The van der Waals surface area contributed by atoms with Crippen molar-refractivity contribution in [3.05, 3.63) is 35.9 Å². The fraction of sp³-hybridized carbons (Fsp3) is 0.667. The van der Waals surface area contributed by atoms with Gasteiger partial charge >= 0.3 is 6.18 Å². The molecule has 0 bridgehead atoms. The van der Waals surface area contributed by atoms with Gasteiger partial charge in [-0.15, -0.1) is 0 Å². The number of alkyl halides is 3. The molecule has 0 aliphatic carbocycles. The molecule has 2 unspecified atom stereocenters. The highest BCUT2D eigenvalue weighted by molar-refractivity contribution is 5.80. The summed E-state index contributed by atoms with van der Waals surface area (Å²) in [5, 5.41) is 13.5. The largest absolute Gasteiger partial charge is 0.401 e. The van der Waals surface area contributed by atoms with Gasteiger partial charge in [-0.05, 0) is 31.4 Å². The van der Waals surface area contributed by atoms with Crippen LogP contribution in [0.25, 0.3) is 0 Å². The number of aliphatic hydroxyl groups excluding tert-OH is 1. The maximum absolute atomic E-state index is 12.7. The predicted octanol–water partition coefficient (Wildman–Crippen LogP) is 2.76. The molecule has 1 fully saturated rings. The molecular weight excluding hydrogens is 381 g/mol. The van der Waals surface area contributed by atoms with Crippen LogP contribution in [0.2, 0.25) is 0 Å². The van der Waals surface area contributed by atoms with Gasteiger partial charge in [-0.3, -0.25) is 9.89 Å². The van der Waals surface area contributed by atoms with Crippen molar-refractivity contribution in [1.29, 1.82) is 0 Å². The Kier molecular flexibility index (Phi) is 9.23. The van der Waals surface area contributed by atoms with Crippen LogP contribution in [0.5, 0.6) is 0 Å². The zero-order valence-electron chi connectivity index (χ0n) is 17.3. The minimum Gasteiger partial charge on any atom is -0.391 e. The van der Waals surface area contributed by atoms with Crippen molar-refractivity contribution >= 4 is 5.96 Å². The molecule has 2 rings (SSSR count). The highest BCUT2D eigenvalue weighted by Crippen LogP contribution is 2.21. The highest BCUT2D eigenvalue weighted by Gasteiger charge is 2.33. The van der Waals surface area contributed by atoms with Gasteiger partial charge in [0.05, 0.1) is 19.2 Å². The van der Waals surface area contributed by atoms with Crippen LogP contribution >= 0.6 is 0 Å². The van der Waals surface area contributed by atoms with Crippen LogP contribution in [0.4, 0.5) is 13.2 Å². The molecule has 0 aromatic heterocycles. The number of guanidine groups is 1. The second kappa shape index (κ2) is 11.4. The van der Waals surface area contributed by atoms with E-state index < -0.39 is 18.8 Å². The lowest BCUT2D eigenvalue weighted by molar-refractivity contribution is -0.146. The van der Waals surface area contributed by atoms with Gasteiger partial charge in [-0.1, -0.05) is 37.3 Å². The number of nitrogens with one attached hydrogen (secondary N) is 1. The van der Waals surface area contributed by atoms with Gasteiger partial charge in [-0.25, -0.2) is 0 Å². The number of aliphatic imine (C=N–C) groups is 1. The van der Waals surface area contributed by atoms with Gasteiger partial charge in [-0.2, -0.15) is 13.2 Å². The average molecular weight is 415 g/mol. The number of benzene rings is 1. The van der Waals surface area contributed by atoms with E-state index in [0.717, 1.165) is 24.5 Å². The number of hydrogen-bond acceptors (Lipinski definition) is 3. The first kappa shape index (κ1) is 23.5. The molecule has 0 spiro atoms. The molecule has 1 aromatic carbocycles. The summed E-state index contributed by atoms with van der Waals surface area (Å²) in [5.41, 5.74) is 1.06. The van der Waals surface area contributed by atoms with Gasteiger partial charge in [0.2, 0.25) is 0 Å². The van der Waals surface area contributed by atoms with Crippen molar-refractivity contribution < 1.29 is 18.3 Å². The third-order valence-electron chi connectivity index (χ3n) is 5.05. The molecule has 1 aliphatic rings. The first-order chi connectivity index (χ1) is 13.8. The van der Waals surface area contributed by atoms with E-state index in [9.17, 15) is 18.3 Å². The molecule has 1 heterocycles. The molecule has 1 aliphatic heterocycles. The van der Waals surface area contributed by atoms with Crippen molar-refractivity contribution in [2.45, 2.75) is 39.0 Å². The van der Waals surface area contributed by atoms with Crippen LogP contribution in [0, 0.1) is 5.92 Å². The van der Waals surface area contributed by atoms with Crippen molar-refractivity contribution in [1.82, 2.24) is 15.1 Å². The Labute approximate surface area is 171 Å². The first-order valence-corrected chi connectivity index (χ1v) is 10.3. The second-order valence-electron chi connectivity index (χ2n) is 7.58. The number of aliphatic hydroxyl groups is 1. The molecular formula is C21H33F3N4O. The van der Waals surface area contributed by atoms with Crippen LogP contribution in [0.3, 0.4) is 0 Å².